The Morgan fingerprint density at radius 1 is 0.880 bits per heavy atom. The van der Waals surface area contributed by atoms with E-state index in [1.165, 1.54) is 16.7 Å². The molecular formula is C21H23NO3. The molecule has 130 valence electrons. The normalized spacial score (nSPS) is 13.4. The van der Waals surface area contributed by atoms with Gasteiger partial charge in [0.1, 0.15) is 35.9 Å². The predicted molar refractivity (Wildman–Crippen MR) is 98.6 cm³/mol. The molecule has 0 fully saturated rings. The molecule has 0 amide bonds. The van der Waals surface area contributed by atoms with Gasteiger partial charge in [0.15, 0.2) is 11.5 Å². The third-order valence-corrected chi connectivity index (χ3v) is 4.78. The lowest BCUT2D eigenvalue weighted by Gasteiger charge is -2.31. The van der Waals surface area contributed by atoms with E-state index in [1.54, 1.807) is 18.8 Å². The van der Waals surface area contributed by atoms with Crippen LogP contribution in [0.2, 0.25) is 0 Å². The molecule has 4 nitrogen and oxygen atoms in total. The fraction of sp³-hybridized carbons (Fsp3) is 0.333. The van der Waals surface area contributed by atoms with Gasteiger partial charge < -0.3 is 13.6 Å². The van der Waals surface area contributed by atoms with Crippen molar-refractivity contribution in [2.75, 3.05) is 4.90 Å². The van der Waals surface area contributed by atoms with Gasteiger partial charge in [-0.05, 0) is 42.9 Å². The van der Waals surface area contributed by atoms with Crippen LogP contribution in [0.25, 0.3) is 0 Å². The van der Waals surface area contributed by atoms with Gasteiger partial charge >= 0.3 is 0 Å². The lowest BCUT2D eigenvalue weighted by atomic mass is 9.84. The highest BCUT2D eigenvalue weighted by Crippen LogP contribution is 2.54. The van der Waals surface area contributed by atoms with Crippen LogP contribution in [0.3, 0.4) is 0 Å². The highest BCUT2D eigenvalue weighted by atomic mass is 16.5. The first-order valence-electron chi connectivity index (χ1n) is 8.51. The summed E-state index contributed by atoms with van der Waals surface area (Å²) in [4.78, 5) is 2.17. The Bertz CT molecular complexity index is 933. The number of anilines is 3. The molecule has 3 heterocycles. The second-order valence-electron chi connectivity index (χ2n) is 7.77. The molecule has 0 bridgehead atoms. The van der Waals surface area contributed by atoms with Gasteiger partial charge in [-0.25, -0.2) is 0 Å². The molecule has 0 unspecified atom stereocenters. The Morgan fingerprint density at radius 2 is 1.56 bits per heavy atom. The van der Waals surface area contributed by atoms with Gasteiger partial charge in [0, 0.05) is 0 Å². The highest BCUT2D eigenvalue weighted by Gasteiger charge is 2.33. The monoisotopic (exact) mass is 337 g/mol. The van der Waals surface area contributed by atoms with Crippen LogP contribution in [0.5, 0.6) is 11.5 Å². The molecule has 0 spiro atoms. The number of furan rings is 2. The first kappa shape index (κ1) is 15.9. The summed E-state index contributed by atoms with van der Waals surface area (Å²) in [6.45, 7) is 12.9. The quantitative estimate of drug-likeness (QED) is 0.389. The van der Waals surface area contributed by atoms with Gasteiger partial charge in [-0.1, -0.05) is 32.9 Å². The molecule has 1 aliphatic rings. The van der Waals surface area contributed by atoms with E-state index in [0.717, 1.165) is 28.6 Å². The van der Waals surface area contributed by atoms with Crippen LogP contribution >= 0.6 is 0 Å². The van der Waals surface area contributed by atoms with E-state index in [-0.39, 0.29) is 5.41 Å². The zero-order chi connectivity index (χ0) is 17.9. The van der Waals surface area contributed by atoms with E-state index in [4.69, 9.17) is 13.6 Å². The number of rotatable bonds is 1. The highest BCUT2D eigenvalue weighted by molar-refractivity contribution is 5.88. The van der Waals surface area contributed by atoms with Crippen LogP contribution < -0.4 is 9.64 Å². The van der Waals surface area contributed by atoms with Crippen LogP contribution in [-0.4, -0.2) is 0 Å². The van der Waals surface area contributed by atoms with Crippen LogP contribution in [0.1, 0.15) is 43.2 Å². The zero-order valence-corrected chi connectivity index (χ0v) is 15.6. The summed E-state index contributed by atoms with van der Waals surface area (Å²) in [5, 5.41) is 0. The van der Waals surface area contributed by atoms with Crippen molar-refractivity contribution in [3.05, 3.63) is 53.4 Å². The van der Waals surface area contributed by atoms with E-state index >= 15 is 0 Å². The average Bonchev–Trinajstić information content (AvgIpc) is 3.12. The molecule has 0 radical (unpaired) electrons. The minimum absolute atomic E-state index is 0.108. The summed E-state index contributed by atoms with van der Waals surface area (Å²) in [6.07, 6.45) is 5.10. The molecule has 1 aromatic carbocycles. The summed E-state index contributed by atoms with van der Waals surface area (Å²) < 4.78 is 17.0. The van der Waals surface area contributed by atoms with Gasteiger partial charge in [-0.3, -0.25) is 4.90 Å². The Hall–Kier alpha value is -2.62. The number of ether oxygens (including phenoxy) is 1. The van der Waals surface area contributed by atoms with Crippen molar-refractivity contribution < 1.29 is 13.6 Å². The molecule has 0 saturated carbocycles. The van der Waals surface area contributed by atoms with E-state index in [9.17, 15) is 0 Å². The summed E-state index contributed by atoms with van der Waals surface area (Å²) in [7, 11) is 0. The first-order chi connectivity index (χ1) is 11.8. The lowest BCUT2D eigenvalue weighted by molar-refractivity contribution is 0.440. The SMILES string of the molecule is Cc1cc(C(C)(C)C)cc(C)c1N1c2cocc2Oc2c1coc2C. The zero-order valence-electron chi connectivity index (χ0n) is 15.6. The minimum Gasteiger partial charge on any atom is -0.466 e. The maximum atomic E-state index is 5.97. The number of hydrogen-bond acceptors (Lipinski definition) is 4. The number of fused-ring (bicyclic) bond motifs is 2. The van der Waals surface area contributed by atoms with E-state index in [1.807, 2.05) is 6.92 Å². The van der Waals surface area contributed by atoms with Crippen molar-refractivity contribution in [3.63, 3.8) is 0 Å². The smallest absolute Gasteiger partial charge is 0.192 e. The largest absolute Gasteiger partial charge is 0.466 e. The van der Waals surface area contributed by atoms with Gasteiger partial charge in [0.05, 0.1) is 5.69 Å². The second-order valence-corrected chi connectivity index (χ2v) is 7.77. The molecule has 4 rings (SSSR count). The summed E-state index contributed by atoms with van der Waals surface area (Å²) in [6, 6.07) is 4.54. The molecule has 25 heavy (non-hydrogen) atoms. The Morgan fingerprint density at radius 3 is 2.20 bits per heavy atom. The van der Waals surface area contributed by atoms with E-state index in [0.29, 0.717) is 5.75 Å². The Kier molecular flexibility index (Phi) is 3.29. The molecule has 1 aliphatic heterocycles. The number of benzene rings is 1. The summed E-state index contributed by atoms with van der Waals surface area (Å²) >= 11 is 0. The predicted octanol–water partition coefficient (Wildman–Crippen LogP) is 6.67. The van der Waals surface area contributed by atoms with Gasteiger partial charge in [0.25, 0.3) is 0 Å². The van der Waals surface area contributed by atoms with Gasteiger partial charge in [0.2, 0.25) is 0 Å². The number of aryl methyl sites for hydroxylation is 3. The molecule has 0 saturated heterocycles. The maximum Gasteiger partial charge on any atom is 0.192 e. The average molecular weight is 337 g/mol. The summed E-state index contributed by atoms with van der Waals surface area (Å²) in [5.41, 5.74) is 6.80. The van der Waals surface area contributed by atoms with Crippen LogP contribution in [0, 0.1) is 20.8 Å². The van der Waals surface area contributed by atoms with Crippen molar-refractivity contribution in [1.29, 1.82) is 0 Å². The Labute approximate surface area is 148 Å². The van der Waals surface area contributed by atoms with Crippen molar-refractivity contribution in [2.24, 2.45) is 0 Å². The first-order valence-corrected chi connectivity index (χ1v) is 8.51. The topological polar surface area (TPSA) is 38.8 Å². The fourth-order valence-electron chi connectivity index (χ4n) is 3.45. The summed E-state index contributed by atoms with van der Waals surface area (Å²) in [5.74, 6) is 2.21. The van der Waals surface area contributed by atoms with Crippen molar-refractivity contribution in [3.8, 4) is 11.5 Å². The second kappa shape index (κ2) is 5.19. The third kappa shape index (κ3) is 2.36. The fourth-order valence-corrected chi connectivity index (χ4v) is 3.45. The molecule has 2 aromatic heterocycles. The number of hydrogen-bond donors (Lipinski definition) is 0. The minimum atomic E-state index is 0.108. The molecular weight excluding hydrogens is 314 g/mol. The molecule has 0 aliphatic carbocycles. The van der Waals surface area contributed by atoms with Crippen LogP contribution in [-0.2, 0) is 5.41 Å². The standard InChI is InChI=1S/C21H23NO3/c1-12-7-15(21(4,5)6)8-13(2)19(12)22-16-9-23-11-18(16)25-20-14(3)24-10-17(20)22/h7-11H,1-6H3. The maximum absolute atomic E-state index is 5.97. The number of nitrogens with zero attached hydrogens (tertiary/aromatic N) is 1. The van der Waals surface area contributed by atoms with Crippen molar-refractivity contribution in [1.82, 2.24) is 0 Å². The van der Waals surface area contributed by atoms with E-state index in [2.05, 4.69) is 51.7 Å². The van der Waals surface area contributed by atoms with Crippen LogP contribution in [0.15, 0.2) is 39.8 Å². The molecule has 3 aromatic rings. The van der Waals surface area contributed by atoms with Crippen molar-refractivity contribution >= 4 is 17.1 Å². The third-order valence-electron chi connectivity index (χ3n) is 4.78. The molecule has 4 heteroatoms. The van der Waals surface area contributed by atoms with Gasteiger partial charge in [-0.15, -0.1) is 0 Å². The molecule has 0 atom stereocenters. The Balaban J connectivity index is 1.95. The van der Waals surface area contributed by atoms with Crippen LogP contribution in [0.4, 0.5) is 17.1 Å². The van der Waals surface area contributed by atoms with Crippen molar-refractivity contribution in [2.45, 2.75) is 47.0 Å². The lowest BCUT2D eigenvalue weighted by Crippen LogP contribution is -2.18. The van der Waals surface area contributed by atoms with Gasteiger partial charge in [-0.2, -0.15) is 0 Å². The molecule has 0 N–H and O–H groups in total. The van der Waals surface area contributed by atoms with E-state index < -0.39 is 0 Å².